The zero-order valence-electron chi connectivity index (χ0n) is 17.1. The molecule has 0 unspecified atom stereocenters. The summed E-state index contributed by atoms with van der Waals surface area (Å²) in [4.78, 5) is 12.3. The number of carbonyl (C=O) groups is 1. The average molecular weight is 389 g/mol. The zero-order valence-corrected chi connectivity index (χ0v) is 20.0. The molecule has 0 aromatic carbocycles. The van der Waals surface area contributed by atoms with Crippen molar-refractivity contribution in [2.24, 2.45) is 5.92 Å². The third kappa shape index (κ3) is 3.73. The monoisotopic (exact) mass is 388 g/mol. The average Bonchev–Trinajstić information content (AvgIpc) is 2.84. The van der Waals surface area contributed by atoms with Gasteiger partial charge in [0.05, 0.1) is 18.1 Å². The fourth-order valence-corrected chi connectivity index (χ4v) is 6.98. The van der Waals surface area contributed by atoms with E-state index in [0.717, 1.165) is 6.42 Å². The minimum absolute atomic E-state index is 0.0314. The van der Waals surface area contributed by atoms with Crippen LogP contribution in [0.1, 0.15) is 48.0 Å². The molecule has 2 aliphatic rings. The first-order valence-corrected chi connectivity index (χ1v) is 15.8. The largest absolute Gasteiger partial charge is 0.411 e. The van der Waals surface area contributed by atoms with E-state index in [1.165, 1.54) is 11.8 Å². The summed E-state index contributed by atoms with van der Waals surface area (Å²) >= 11 is 1.51. The Morgan fingerprint density at radius 1 is 0.875 bits per heavy atom. The van der Waals surface area contributed by atoms with Gasteiger partial charge >= 0.3 is 0 Å². The highest BCUT2D eigenvalue weighted by Crippen LogP contribution is 2.52. The van der Waals surface area contributed by atoms with Crippen molar-refractivity contribution < 1.29 is 13.6 Å². The minimum Gasteiger partial charge on any atom is -0.411 e. The third-order valence-corrected chi connectivity index (χ3v) is 16.9. The standard InChI is InChI=1S/C18H36O3SSi2/c1-17(2,3)23(7,8)20-14-12-11-13(22-16(12)19)15(14)21-24(9,10)18(4,5)6/h12-15H,11H2,1-10H3/t12-,13+,14-,15-/m0/s1. The molecule has 2 fully saturated rings. The van der Waals surface area contributed by atoms with Crippen molar-refractivity contribution in [2.75, 3.05) is 0 Å². The molecular formula is C18H36O3SSi2. The Hall–Kier alpha value is 0.374. The van der Waals surface area contributed by atoms with Crippen molar-refractivity contribution in [1.82, 2.24) is 0 Å². The van der Waals surface area contributed by atoms with Crippen molar-refractivity contribution >= 4 is 33.5 Å². The second-order valence-corrected chi connectivity index (χ2v) is 21.3. The second kappa shape index (κ2) is 6.22. The number of hydrogen-bond donors (Lipinski definition) is 0. The van der Waals surface area contributed by atoms with Gasteiger partial charge < -0.3 is 8.85 Å². The SMILES string of the molecule is CC(C)(C)[Si](C)(C)O[C@@H]1[C@@H](O[Si](C)(C)C(C)(C)C)[C@H]2C[C@@H]1C(=O)S2. The van der Waals surface area contributed by atoms with Crippen molar-refractivity contribution in [3.63, 3.8) is 0 Å². The lowest BCUT2D eigenvalue weighted by atomic mass is 10.1. The molecule has 6 heteroatoms. The van der Waals surface area contributed by atoms with Crippen LogP contribution in [0.3, 0.4) is 0 Å². The lowest BCUT2D eigenvalue weighted by Crippen LogP contribution is -2.54. The summed E-state index contributed by atoms with van der Waals surface area (Å²) in [5, 5.41) is 0.919. The Kier molecular flexibility index (Phi) is 5.36. The van der Waals surface area contributed by atoms with Crippen LogP contribution in [0, 0.1) is 5.92 Å². The van der Waals surface area contributed by atoms with E-state index in [2.05, 4.69) is 67.7 Å². The maximum atomic E-state index is 12.3. The number of carbonyl (C=O) groups excluding carboxylic acids is 1. The van der Waals surface area contributed by atoms with E-state index < -0.39 is 16.6 Å². The summed E-state index contributed by atoms with van der Waals surface area (Å²) in [5.41, 5.74) is 0. The Balaban J connectivity index is 2.25. The molecule has 0 N–H and O–H groups in total. The number of rotatable bonds is 4. The molecule has 0 spiro atoms. The summed E-state index contributed by atoms with van der Waals surface area (Å²) in [7, 11) is -3.81. The number of fused-ring (bicyclic) bond motifs is 2. The van der Waals surface area contributed by atoms with Crippen molar-refractivity contribution in [3.8, 4) is 0 Å². The molecule has 4 atom stereocenters. The molecule has 2 rings (SSSR count). The van der Waals surface area contributed by atoms with E-state index in [1.807, 2.05) is 0 Å². The third-order valence-electron chi connectivity index (χ3n) is 6.62. The van der Waals surface area contributed by atoms with Gasteiger partial charge in [0.2, 0.25) is 0 Å². The lowest BCUT2D eigenvalue weighted by Gasteiger charge is -2.45. The van der Waals surface area contributed by atoms with Crippen LogP contribution in [0.5, 0.6) is 0 Å². The van der Waals surface area contributed by atoms with Gasteiger partial charge in [-0.1, -0.05) is 53.3 Å². The molecule has 0 amide bonds. The summed E-state index contributed by atoms with van der Waals surface area (Å²) < 4.78 is 13.5. The fraction of sp³-hybridized carbons (Fsp3) is 0.944. The molecule has 0 aromatic heterocycles. The Morgan fingerprint density at radius 3 is 1.71 bits per heavy atom. The van der Waals surface area contributed by atoms with Gasteiger partial charge in [-0.3, -0.25) is 4.79 Å². The van der Waals surface area contributed by atoms with Crippen molar-refractivity contribution in [1.29, 1.82) is 0 Å². The normalized spacial score (nSPS) is 31.8. The van der Waals surface area contributed by atoms with Gasteiger partial charge in [0.25, 0.3) is 0 Å². The van der Waals surface area contributed by atoms with Crippen LogP contribution in [0.2, 0.25) is 36.3 Å². The first kappa shape index (κ1) is 20.7. The fourth-order valence-electron chi connectivity index (χ4n) is 2.87. The molecule has 1 heterocycles. The van der Waals surface area contributed by atoms with Gasteiger partial charge in [-0.15, -0.1) is 0 Å². The van der Waals surface area contributed by atoms with Gasteiger partial charge in [-0.25, -0.2) is 0 Å². The van der Waals surface area contributed by atoms with Crippen LogP contribution in [-0.4, -0.2) is 39.2 Å². The van der Waals surface area contributed by atoms with E-state index in [1.54, 1.807) is 0 Å². The maximum Gasteiger partial charge on any atom is 0.195 e. The smallest absolute Gasteiger partial charge is 0.195 e. The van der Waals surface area contributed by atoms with Gasteiger partial charge in [0, 0.05) is 5.25 Å². The second-order valence-electron chi connectivity index (χ2n) is 10.5. The van der Waals surface area contributed by atoms with Crippen LogP contribution in [0.4, 0.5) is 0 Å². The van der Waals surface area contributed by atoms with Crippen LogP contribution in [0.15, 0.2) is 0 Å². The highest BCUT2D eigenvalue weighted by molar-refractivity contribution is 8.14. The lowest BCUT2D eigenvalue weighted by molar-refractivity contribution is -0.117. The summed E-state index contributed by atoms with van der Waals surface area (Å²) in [5.74, 6) is 0.0314. The highest BCUT2D eigenvalue weighted by atomic mass is 32.2. The topological polar surface area (TPSA) is 35.5 Å². The molecule has 0 radical (unpaired) electrons. The molecular weight excluding hydrogens is 352 g/mol. The summed E-state index contributed by atoms with van der Waals surface area (Å²) in [6.07, 6.45) is 0.966. The van der Waals surface area contributed by atoms with Crippen molar-refractivity contribution in [2.45, 2.75) is 102 Å². The first-order chi connectivity index (χ1) is 10.6. The predicted octanol–water partition coefficient (Wildman–Crippen LogP) is 5.43. The van der Waals surface area contributed by atoms with Gasteiger partial charge in [0.1, 0.15) is 0 Å². The van der Waals surface area contributed by atoms with Crippen molar-refractivity contribution in [3.05, 3.63) is 0 Å². The maximum absolute atomic E-state index is 12.3. The molecule has 1 saturated carbocycles. The molecule has 24 heavy (non-hydrogen) atoms. The molecule has 0 aromatic rings. The van der Waals surface area contributed by atoms with E-state index in [4.69, 9.17) is 8.85 Å². The molecule has 1 aliphatic heterocycles. The Bertz CT molecular complexity index is 505. The molecule has 1 saturated heterocycles. The number of thioether (sulfide) groups is 1. The van der Waals surface area contributed by atoms with E-state index in [0.29, 0.717) is 5.12 Å². The van der Waals surface area contributed by atoms with E-state index in [-0.39, 0.29) is 33.5 Å². The Morgan fingerprint density at radius 2 is 1.29 bits per heavy atom. The molecule has 1 aliphatic carbocycles. The van der Waals surface area contributed by atoms with E-state index >= 15 is 0 Å². The van der Waals surface area contributed by atoms with Crippen LogP contribution in [-0.2, 0) is 13.6 Å². The van der Waals surface area contributed by atoms with Gasteiger partial charge in [0.15, 0.2) is 21.8 Å². The highest BCUT2D eigenvalue weighted by Gasteiger charge is 2.58. The van der Waals surface area contributed by atoms with Crippen LogP contribution >= 0.6 is 11.8 Å². The predicted molar refractivity (Wildman–Crippen MR) is 109 cm³/mol. The Labute approximate surface area is 154 Å². The van der Waals surface area contributed by atoms with Crippen LogP contribution < -0.4 is 0 Å². The molecule has 140 valence electrons. The number of hydrogen-bond acceptors (Lipinski definition) is 4. The first-order valence-electron chi connectivity index (χ1n) is 9.13. The molecule has 3 nitrogen and oxygen atoms in total. The molecule has 2 bridgehead atoms. The quantitative estimate of drug-likeness (QED) is 0.602. The summed E-state index contributed by atoms with van der Waals surface area (Å²) in [6.45, 7) is 22.7. The van der Waals surface area contributed by atoms with E-state index in [9.17, 15) is 4.79 Å². The zero-order chi connectivity index (χ0) is 18.7. The van der Waals surface area contributed by atoms with Crippen LogP contribution in [0.25, 0.3) is 0 Å². The minimum atomic E-state index is -1.93. The summed E-state index contributed by atoms with van der Waals surface area (Å²) in [6, 6.07) is 0. The van der Waals surface area contributed by atoms with Gasteiger partial charge in [-0.05, 0) is 42.7 Å². The van der Waals surface area contributed by atoms with Gasteiger partial charge in [-0.2, -0.15) is 0 Å².